The van der Waals surface area contributed by atoms with Crippen LogP contribution < -0.4 is 5.32 Å². The molecule has 0 saturated carbocycles. The topological polar surface area (TPSA) is 80.0 Å². The molecule has 6 nitrogen and oxygen atoms in total. The Morgan fingerprint density at radius 1 is 1.45 bits per heavy atom. The molecule has 1 unspecified atom stereocenters. The van der Waals surface area contributed by atoms with Gasteiger partial charge in [-0.25, -0.2) is 9.67 Å². The van der Waals surface area contributed by atoms with E-state index in [1.807, 2.05) is 39.0 Å². The Labute approximate surface area is 130 Å². The number of hydrogen-bond acceptors (Lipinski definition) is 4. The summed E-state index contributed by atoms with van der Waals surface area (Å²) in [7, 11) is 0. The van der Waals surface area contributed by atoms with Gasteiger partial charge in [0.05, 0.1) is 23.1 Å². The summed E-state index contributed by atoms with van der Waals surface area (Å²) in [4.78, 5) is 16.5. The lowest BCUT2D eigenvalue weighted by Gasteiger charge is -2.27. The quantitative estimate of drug-likeness (QED) is 0.881. The van der Waals surface area contributed by atoms with Gasteiger partial charge >= 0.3 is 0 Å². The molecular formula is C16H22N4O2. The van der Waals surface area contributed by atoms with Gasteiger partial charge < -0.3 is 10.4 Å². The third-order valence-corrected chi connectivity index (χ3v) is 3.97. The van der Waals surface area contributed by atoms with E-state index in [4.69, 9.17) is 0 Å². The lowest BCUT2D eigenvalue weighted by atomic mass is 9.92. The predicted octanol–water partition coefficient (Wildman–Crippen LogP) is 1.71. The molecule has 1 amide bonds. The second-order valence-corrected chi connectivity index (χ2v) is 5.94. The van der Waals surface area contributed by atoms with Crippen molar-refractivity contribution in [3.8, 4) is 5.82 Å². The first-order valence-electron chi connectivity index (χ1n) is 7.29. The highest BCUT2D eigenvalue weighted by atomic mass is 16.3. The second kappa shape index (κ2) is 6.27. The zero-order chi connectivity index (χ0) is 16.3. The monoisotopic (exact) mass is 302 g/mol. The molecule has 0 aliphatic rings. The molecule has 0 spiro atoms. The van der Waals surface area contributed by atoms with E-state index in [1.165, 1.54) is 6.20 Å². The van der Waals surface area contributed by atoms with Crippen molar-refractivity contribution in [2.45, 2.75) is 33.3 Å². The maximum absolute atomic E-state index is 12.3. The Balaban J connectivity index is 2.14. The van der Waals surface area contributed by atoms with E-state index in [0.29, 0.717) is 17.1 Å². The molecule has 2 aromatic rings. The molecule has 2 heterocycles. The summed E-state index contributed by atoms with van der Waals surface area (Å²) in [5.74, 6) is 0.457. The van der Waals surface area contributed by atoms with Gasteiger partial charge in [0.15, 0.2) is 5.82 Å². The maximum Gasteiger partial charge on any atom is 0.254 e. The van der Waals surface area contributed by atoms with Crippen LogP contribution in [-0.4, -0.2) is 37.9 Å². The van der Waals surface area contributed by atoms with Crippen molar-refractivity contribution in [2.24, 2.45) is 5.92 Å². The second-order valence-electron chi connectivity index (χ2n) is 5.94. The molecule has 0 aliphatic heterocycles. The van der Waals surface area contributed by atoms with Crippen molar-refractivity contribution in [1.29, 1.82) is 0 Å². The van der Waals surface area contributed by atoms with Crippen LogP contribution in [-0.2, 0) is 0 Å². The summed E-state index contributed by atoms with van der Waals surface area (Å²) in [6, 6.07) is 5.51. The van der Waals surface area contributed by atoms with E-state index >= 15 is 0 Å². The Morgan fingerprint density at radius 2 is 2.18 bits per heavy atom. The Kier molecular flexibility index (Phi) is 4.61. The Bertz CT molecular complexity index is 647. The van der Waals surface area contributed by atoms with Gasteiger partial charge in [0.25, 0.3) is 5.91 Å². The molecule has 0 fully saturated rings. The number of nitrogens with one attached hydrogen (secondary N) is 1. The van der Waals surface area contributed by atoms with Crippen LogP contribution in [0, 0.1) is 12.8 Å². The zero-order valence-electron chi connectivity index (χ0n) is 13.4. The van der Waals surface area contributed by atoms with Crippen molar-refractivity contribution in [1.82, 2.24) is 20.1 Å². The zero-order valence-corrected chi connectivity index (χ0v) is 13.4. The molecular weight excluding hydrogens is 280 g/mol. The number of carbonyl (C=O) groups excluding carboxylic acids is 1. The number of rotatable bonds is 5. The van der Waals surface area contributed by atoms with Gasteiger partial charge in [-0.1, -0.05) is 19.9 Å². The van der Waals surface area contributed by atoms with E-state index in [0.717, 1.165) is 0 Å². The van der Waals surface area contributed by atoms with Crippen LogP contribution >= 0.6 is 0 Å². The van der Waals surface area contributed by atoms with Gasteiger partial charge in [0, 0.05) is 12.7 Å². The van der Waals surface area contributed by atoms with E-state index < -0.39 is 5.60 Å². The highest BCUT2D eigenvalue weighted by Crippen LogP contribution is 2.16. The highest BCUT2D eigenvalue weighted by Gasteiger charge is 2.26. The average molecular weight is 302 g/mol. The summed E-state index contributed by atoms with van der Waals surface area (Å²) < 4.78 is 1.62. The molecule has 0 aromatic carbocycles. The summed E-state index contributed by atoms with van der Waals surface area (Å²) in [6.45, 7) is 7.55. The molecule has 1 atom stereocenters. The van der Waals surface area contributed by atoms with Gasteiger partial charge in [-0.2, -0.15) is 5.10 Å². The van der Waals surface area contributed by atoms with Crippen LogP contribution in [0.1, 0.15) is 36.8 Å². The fraction of sp³-hybridized carbons (Fsp3) is 0.438. The number of pyridine rings is 1. The van der Waals surface area contributed by atoms with Crippen molar-refractivity contribution >= 4 is 5.91 Å². The minimum atomic E-state index is -0.944. The first-order valence-corrected chi connectivity index (χ1v) is 7.29. The number of hydrogen-bond donors (Lipinski definition) is 2. The van der Waals surface area contributed by atoms with E-state index in [1.54, 1.807) is 17.8 Å². The predicted molar refractivity (Wildman–Crippen MR) is 83.9 cm³/mol. The van der Waals surface area contributed by atoms with E-state index in [-0.39, 0.29) is 18.4 Å². The SMILES string of the molecule is Cc1c(C(=O)NCC(C)(O)C(C)C)cnn1-c1ccccn1. The fourth-order valence-electron chi connectivity index (χ4n) is 1.90. The van der Waals surface area contributed by atoms with Gasteiger partial charge in [-0.05, 0) is 31.9 Å². The molecule has 6 heteroatoms. The molecule has 118 valence electrons. The van der Waals surface area contributed by atoms with Gasteiger partial charge in [0.2, 0.25) is 0 Å². The van der Waals surface area contributed by atoms with Crippen molar-refractivity contribution < 1.29 is 9.90 Å². The standard InChI is InChI=1S/C16H22N4O2/c1-11(2)16(4,22)10-18-15(21)13-9-19-20(12(13)3)14-7-5-6-8-17-14/h5-9,11,22H,10H2,1-4H3,(H,18,21). The van der Waals surface area contributed by atoms with Gasteiger partial charge in [0.1, 0.15) is 0 Å². The van der Waals surface area contributed by atoms with Crippen LogP contribution in [0.25, 0.3) is 5.82 Å². The fourth-order valence-corrected chi connectivity index (χ4v) is 1.90. The third-order valence-electron chi connectivity index (χ3n) is 3.97. The maximum atomic E-state index is 12.3. The molecule has 2 rings (SSSR count). The minimum Gasteiger partial charge on any atom is -0.388 e. The third kappa shape index (κ3) is 3.33. The number of amides is 1. The largest absolute Gasteiger partial charge is 0.388 e. The van der Waals surface area contributed by atoms with Crippen LogP contribution in [0.15, 0.2) is 30.6 Å². The number of nitrogens with zero attached hydrogens (tertiary/aromatic N) is 3. The molecule has 0 bridgehead atoms. The molecule has 2 N–H and O–H groups in total. The van der Waals surface area contributed by atoms with Gasteiger partial charge in [-0.15, -0.1) is 0 Å². The van der Waals surface area contributed by atoms with Crippen molar-refractivity contribution in [2.75, 3.05) is 6.54 Å². The van der Waals surface area contributed by atoms with Crippen LogP contribution in [0.2, 0.25) is 0 Å². The molecule has 22 heavy (non-hydrogen) atoms. The first kappa shape index (κ1) is 16.2. The van der Waals surface area contributed by atoms with Crippen LogP contribution in [0.5, 0.6) is 0 Å². The van der Waals surface area contributed by atoms with Crippen molar-refractivity contribution in [3.63, 3.8) is 0 Å². The molecule has 0 aliphatic carbocycles. The smallest absolute Gasteiger partial charge is 0.254 e. The van der Waals surface area contributed by atoms with Crippen LogP contribution in [0.3, 0.4) is 0 Å². The van der Waals surface area contributed by atoms with Gasteiger partial charge in [-0.3, -0.25) is 4.79 Å². The summed E-state index contributed by atoms with van der Waals surface area (Å²) >= 11 is 0. The lowest BCUT2D eigenvalue weighted by Crippen LogP contribution is -2.44. The minimum absolute atomic E-state index is 0.0464. The molecule has 0 saturated heterocycles. The molecule has 2 aromatic heterocycles. The Hall–Kier alpha value is -2.21. The summed E-state index contributed by atoms with van der Waals surface area (Å²) in [5.41, 5.74) is 0.242. The summed E-state index contributed by atoms with van der Waals surface area (Å²) in [5, 5.41) is 17.2. The van der Waals surface area contributed by atoms with E-state index in [2.05, 4.69) is 15.4 Å². The normalized spacial score (nSPS) is 13.9. The number of aromatic nitrogens is 3. The first-order chi connectivity index (χ1) is 10.3. The highest BCUT2D eigenvalue weighted by molar-refractivity contribution is 5.95. The lowest BCUT2D eigenvalue weighted by molar-refractivity contribution is 0.0142. The number of carbonyl (C=O) groups is 1. The average Bonchev–Trinajstić information content (AvgIpc) is 2.87. The van der Waals surface area contributed by atoms with E-state index in [9.17, 15) is 9.90 Å². The van der Waals surface area contributed by atoms with Crippen LogP contribution in [0.4, 0.5) is 0 Å². The summed E-state index contributed by atoms with van der Waals surface area (Å²) in [6.07, 6.45) is 3.19. The molecule has 0 radical (unpaired) electrons. The Morgan fingerprint density at radius 3 is 2.77 bits per heavy atom. The van der Waals surface area contributed by atoms with Crippen molar-refractivity contribution in [3.05, 3.63) is 41.9 Å². The number of aliphatic hydroxyl groups is 1.